The number of rotatable bonds is 5. The number of hydrogen-bond donors (Lipinski definition) is 1. The summed E-state index contributed by atoms with van der Waals surface area (Å²) in [4.78, 5) is 2.29. The number of hydrogen-bond acceptors (Lipinski definition) is 4. The van der Waals surface area contributed by atoms with Gasteiger partial charge in [-0.05, 0) is 37.6 Å². The van der Waals surface area contributed by atoms with Gasteiger partial charge in [-0.25, -0.2) is 0 Å². The van der Waals surface area contributed by atoms with Crippen LogP contribution >= 0.6 is 0 Å². The van der Waals surface area contributed by atoms with Crippen molar-refractivity contribution in [2.75, 3.05) is 33.9 Å². The summed E-state index contributed by atoms with van der Waals surface area (Å²) < 4.78 is 11.0. The van der Waals surface area contributed by atoms with E-state index in [1.54, 1.807) is 7.11 Å². The van der Waals surface area contributed by atoms with E-state index < -0.39 is 0 Å². The maximum atomic E-state index is 5.68. The van der Waals surface area contributed by atoms with E-state index in [2.05, 4.69) is 35.9 Å². The SMILES string of the molecule is COc1ccc(CN(C)CC2CCCO2)cc1C#CCN. The first-order valence-corrected chi connectivity index (χ1v) is 7.39. The van der Waals surface area contributed by atoms with Crippen LogP contribution in [-0.4, -0.2) is 44.9 Å². The monoisotopic (exact) mass is 288 g/mol. The van der Waals surface area contributed by atoms with Crippen molar-refractivity contribution in [2.24, 2.45) is 5.73 Å². The highest BCUT2D eigenvalue weighted by molar-refractivity contribution is 5.48. The van der Waals surface area contributed by atoms with Crippen LogP contribution in [-0.2, 0) is 11.3 Å². The first-order valence-electron chi connectivity index (χ1n) is 7.39. The molecule has 2 N–H and O–H groups in total. The minimum atomic E-state index is 0.353. The van der Waals surface area contributed by atoms with Crippen LogP contribution < -0.4 is 10.5 Å². The number of nitrogens with zero attached hydrogens (tertiary/aromatic N) is 1. The summed E-state index contributed by atoms with van der Waals surface area (Å²) in [5, 5.41) is 0. The van der Waals surface area contributed by atoms with E-state index in [0.717, 1.165) is 31.0 Å². The predicted molar refractivity (Wildman–Crippen MR) is 84.2 cm³/mol. The lowest BCUT2D eigenvalue weighted by Gasteiger charge is -2.20. The van der Waals surface area contributed by atoms with Gasteiger partial charge >= 0.3 is 0 Å². The summed E-state index contributed by atoms with van der Waals surface area (Å²) in [7, 11) is 3.78. The molecule has 21 heavy (non-hydrogen) atoms. The van der Waals surface area contributed by atoms with E-state index in [4.69, 9.17) is 15.2 Å². The van der Waals surface area contributed by atoms with Crippen LogP contribution in [0.4, 0.5) is 0 Å². The third-order valence-electron chi connectivity index (χ3n) is 3.58. The van der Waals surface area contributed by atoms with Crippen molar-refractivity contribution in [3.8, 4) is 17.6 Å². The Morgan fingerprint density at radius 3 is 3.00 bits per heavy atom. The van der Waals surface area contributed by atoms with Gasteiger partial charge in [0.1, 0.15) is 5.75 Å². The molecule has 4 heteroatoms. The molecular formula is C17H24N2O2. The molecule has 1 aromatic carbocycles. The summed E-state index contributed by atoms with van der Waals surface area (Å²) in [6, 6.07) is 6.13. The molecule has 2 rings (SSSR count). The fraction of sp³-hybridized carbons (Fsp3) is 0.529. The van der Waals surface area contributed by atoms with Gasteiger partial charge in [0, 0.05) is 19.7 Å². The lowest BCUT2D eigenvalue weighted by atomic mass is 10.1. The average Bonchev–Trinajstić information content (AvgIpc) is 2.98. The van der Waals surface area contributed by atoms with E-state index in [1.807, 2.05) is 6.07 Å². The van der Waals surface area contributed by atoms with Crippen molar-refractivity contribution < 1.29 is 9.47 Å². The van der Waals surface area contributed by atoms with Crippen molar-refractivity contribution in [2.45, 2.75) is 25.5 Å². The van der Waals surface area contributed by atoms with E-state index in [1.165, 1.54) is 18.4 Å². The van der Waals surface area contributed by atoms with Gasteiger partial charge in [0.2, 0.25) is 0 Å². The molecule has 1 aromatic rings. The molecule has 1 saturated heterocycles. The van der Waals surface area contributed by atoms with Crippen LogP contribution in [0.15, 0.2) is 18.2 Å². The van der Waals surface area contributed by atoms with Gasteiger partial charge in [-0.3, -0.25) is 4.90 Å². The van der Waals surface area contributed by atoms with Gasteiger partial charge in [-0.2, -0.15) is 0 Å². The Labute approximate surface area is 127 Å². The molecule has 4 nitrogen and oxygen atoms in total. The summed E-state index contributed by atoms with van der Waals surface area (Å²) in [5.74, 6) is 6.74. The van der Waals surface area contributed by atoms with Crippen LogP contribution in [0, 0.1) is 11.8 Å². The molecule has 1 aliphatic heterocycles. The number of methoxy groups -OCH3 is 1. The van der Waals surface area contributed by atoms with Crippen LogP contribution in [0.3, 0.4) is 0 Å². The molecule has 0 aliphatic carbocycles. The molecule has 1 aliphatic rings. The van der Waals surface area contributed by atoms with Gasteiger partial charge in [0.15, 0.2) is 0 Å². The second-order valence-corrected chi connectivity index (χ2v) is 5.37. The smallest absolute Gasteiger partial charge is 0.134 e. The quantitative estimate of drug-likeness (QED) is 0.836. The topological polar surface area (TPSA) is 47.7 Å². The zero-order valence-corrected chi connectivity index (χ0v) is 12.9. The summed E-state index contributed by atoms with van der Waals surface area (Å²) in [6.07, 6.45) is 2.73. The zero-order chi connectivity index (χ0) is 15.1. The molecule has 114 valence electrons. The Bertz CT molecular complexity index is 513. The van der Waals surface area contributed by atoms with Gasteiger partial charge in [-0.1, -0.05) is 17.9 Å². The van der Waals surface area contributed by atoms with Crippen LogP contribution in [0.2, 0.25) is 0 Å². The minimum absolute atomic E-state index is 0.353. The van der Waals surface area contributed by atoms with E-state index in [0.29, 0.717) is 12.6 Å². The first-order chi connectivity index (χ1) is 10.2. The first kappa shape index (κ1) is 15.8. The third-order valence-corrected chi connectivity index (χ3v) is 3.58. The Hall–Kier alpha value is -1.54. The maximum Gasteiger partial charge on any atom is 0.134 e. The molecular weight excluding hydrogens is 264 g/mol. The van der Waals surface area contributed by atoms with E-state index in [-0.39, 0.29) is 0 Å². The highest BCUT2D eigenvalue weighted by Crippen LogP contribution is 2.20. The van der Waals surface area contributed by atoms with E-state index >= 15 is 0 Å². The second kappa shape index (κ2) is 8.04. The van der Waals surface area contributed by atoms with Crippen LogP contribution in [0.5, 0.6) is 5.75 Å². The Kier molecular flexibility index (Phi) is 6.06. The van der Waals surface area contributed by atoms with Crippen molar-refractivity contribution in [1.82, 2.24) is 4.90 Å². The summed E-state index contributed by atoms with van der Waals surface area (Å²) in [5.41, 5.74) is 7.56. The Morgan fingerprint density at radius 1 is 1.48 bits per heavy atom. The van der Waals surface area contributed by atoms with Gasteiger partial charge in [-0.15, -0.1) is 0 Å². The normalized spacial score (nSPS) is 17.6. The molecule has 1 heterocycles. The fourth-order valence-electron chi connectivity index (χ4n) is 2.61. The number of likely N-dealkylation sites (N-methyl/N-ethyl adjacent to an activating group) is 1. The molecule has 1 unspecified atom stereocenters. The largest absolute Gasteiger partial charge is 0.495 e. The Morgan fingerprint density at radius 2 is 2.33 bits per heavy atom. The molecule has 0 spiro atoms. The summed E-state index contributed by atoms with van der Waals surface area (Å²) in [6.45, 7) is 3.10. The Balaban J connectivity index is 2.01. The van der Waals surface area contributed by atoms with Crippen LogP contribution in [0.25, 0.3) is 0 Å². The molecule has 0 radical (unpaired) electrons. The average molecular weight is 288 g/mol. The van der Waals surface area contributed by atoms with Gasteiger partial charge < -0.3 is 15.2 Å². The highest BCUT2D eigenvalue weighted by Gasteiger charge is 2.17. The minimum Gasteiger partial charge on any atom is -0.495 e. The lowest BCUT2D eigenvalue weighted by Crippen LogP contribution is -2.28. The second-order valence-electron chi connectivity index (χ2n) is 5.37. The van der Waals surface area contributed by atoms with Crippen molar-refractivity contribution in [3.05, 3.63) is 29.3 Å². The molecule has 0 amide bonds. The molecule has 0 aromatic heterocycles. The number of benzene rings is 1. The highest BCUT2D eigenvalue weighted by atomic mass is 16.5. The molecule has 0 saturated carbocycles. The van der Waals surface area contributed by atoms with Crippen molar-refractivity contribution in [3.63, 3.8) is 0 Å². The molecule has 1 fully saturated rings. The lowest BCUT2D eigenvalue weighted by molar-refractivity contribution is 0.0793. The van der Waals surface area contributed by atoms with Crippen molar-refractivity contribution >= 4 is 0 Å². The molecule has 0 bridgehead atoms. The number of nitrogens with two attached hydrogens (primary N) is 1. The fourth-order valence-corrected chi connectivity index (χ4v) is 2.61. The third kappa shape index (κ3) is 4.75. The maximum absolute atomic E-state index is 5.68. The van der Waals surface area contributed by atoms with E-state index in [9.17, 15) is 0 Å². The summed E-state index contributed by atoms with van der Waals surface area (Å²) >= 11 is 0. The van der Waals surface area contributed by atoms with Crippen molar-refractivity contribution in [1.29, 1.82) is 0 Å². The molecule has 1 atom stereocenters. The number of ether oxygens (including phenoxy) is 2. The van der Waals surface area contributed by atoms with Crippen LogP contribution in [0.1, 0.15) is 24.0 Å². The zero-order valence-electron chi connectivity index (χ0n) is 12.9. The predicted octanol–water partition coefficient (Wildman–Crippen LogP) is 1.62. The van der Waals surface area contributed by atoms with Gasteiger partial charge in [0.25, 0.3) is 0 Å². The standard InChI is InChI=1S/C17H24N2O2/c1-19(13-16-6-4-10-21-16)12-14-7-8-17(20-2)15(11-14)5-3-9-18/h7-8,11,16H,4,6,9-10,12-13,18H2,1-2H3. The van der Waals surface area contributed by atoms with Gasteiger partial charge in [0.05, 0.1) is 25.3 Å².